The highest BCUT2D eigenvalue weighted by Gasteiger charge is 2.06. The van der Waals surface area contributed by atoms with Gasteiger partial charge in [0.1, 0.15) is 0 Å². The Kier molecular flexibility index (Phi) is 7.41. The molecule has 0 saturated heterocycles. The van der Waals surface area contributed by atoms with Crippen molar-refractivity contribution in [2.45, 2.75) is 19.4 Å². The zero-order valence-corrected chi connectivity index (χ0v) is 15.2. The van der Waals surface area contributed by atoms with Gasteiger partial charge >= 0.3 is 0 Å². The SMILES string of the molecule is O=C(CCC(=O)NN=Cc1cccc(I)c1)NCc1ccccc1. The fourth-order valence-electron chi connectivity index (χ4n) is 1.93. The molecule has 2 aromatic carbocycles. The van der Waals surface area contributed by atoms with Gasteiger partial charge in [0.05, 0.1) is 6.21 Å². The molecule has 5 nitrogen and oxygen atoms in total. The van der Waals surface area contributed by atoms with Gasteiger partial charge in [-0.2, -0.15) is 5.10 Å². The number of rotatable bonds is 7. The van der Waals surface area contributed by atoms with E-state index < -0.39 is 0 Å². The number of amides is 2. The molecule has 24 heavy (non-hydrogen) atoms. The first-order chi connectivity index (χ1) is 11.6. The fraction of sp³-hybridized carbons (Fsp3) is 0.167. The molecule has 0 aliphatic rings. The van der Waals surface area contributed by atoms with Crippen LogP contribution in [-0.2, 0) is 16.1 Å². The van der Waals surface area contributed by atoms with Crippen LogP contribution < -0.4 is 10.7 Å². The lowest BCUT2D eigenvalue weighted by molar-refractivity contribution is -0.126. The summed E-state index contributed by atoms with van der Waals surface area (Å²) in [5.74, 6) is -0.442. The summed E-state index contributed by atoms with van der Waals surface area (Å²) in [4.78, 5) is 23.4. The minimum absolute atomic E-state index is 0.101. The third-order valence-electron chi connectivity index (χ3n) is 3.16. The quantitative estimate of drug-likeness (QED) is 0.399. The number of halogens is 1. The highest BCUT2D eigenvalue weighted by Crippen LogP contribution is 2.05. The molecule has 0 bridgehead atoms. The van der Waals surface area contributed by atoms with Crippen LogP contribution in [0.2, 0.25) is 0 Å². The van der Waals surface area contributed by atoms with Gasteiger partial charge in [0, 0.05) is 23.0 Å². The Labute approximate surface area is 154 Å². The molecular weight excluding hydrogens is 417 g/mol. The van der Waals surface area contributed by atoms with E-state index in [1.165, 1.54) is 0 Å². The molecule has 0 radical (unpaired) electrons. The minimum atomic E-state index is -0.285. The van der Waals surface area contributed by atoms with Gasteiger partial charge in [-0.15, -0.1) is 0 Å². The van der Waals surface area contributed by atoms with Gasteiger partial charge in [-0.3, -0.25) is 9.59 Å². The normalized spacial score (nSPS) is 10.5. The van der Waals surface area contributed by atoms with Gasteiger partial charge in [-0.25, -0.2) is 5.43 Å². The van der Waals surface area contributed by atoms with E-state index >= 15 is 0 Å². The lowest BCUT2D eigenvalue weighted by atomic mass is 10.2. The van der Waals surface area contributed by atoms with E-state index in [4.69, 9.17) is 0 Å². The monoisotopic (exact) mass is 435 g/mol. The summed E-state index contributed by atoms with van der Waals surface area (Å²) in [5, 5.41) is 6.68. The molecular formula is C18H18IN3O2. The van der Waals surface area contributed by atoms with Crippen molar-refractivity contribution in [1.29, 1.82) is 0 Å². The van der Waals surface area contributed by atoms with Crippen molar-refractivity contribution in [3.63, 3.8) is 0 Å². The zero-order valence-electron chi connectivity index (χ0n) is 13.0. The first-order valence-corrected chi connectivity index (χ1v) is 8.59. The predicted molar refractivity (Wildman–Crippen MR) is 102 cm³/mol. The Morgan fingerprint density at radius 2 is 1.75 bits per heavy atom. The van der Waals surface area contributed by atoms with Gasteiger partial charge in [0.15, 0.2) is 0 Å². The Morgan fingerprint density at radius 3 is 2.50 bits per heavy atom. The van der Waals surface area contributed by atoms with Crippen molar-refractivity contribution in [1.82, 2.24) is 10.7 Å². The topological polar surface area (TPSA) is 70.6 Å². The summed E-state index contributed by atoms with van der Waals surface area (Å²) in [6.07, 6.45) is 1.82. The number of carbonyl (C=O) groups excluding carboxylic acids is 2. The van der Waals surface area contributed by atoms with Gasteiger partial charge < -0.3 is 5.32 Å². The van der Waals surface area contributed by atoms with E-state index in [1.54, 1.807) is 6.21 Å². The van der Waals surface area contributed by atoms with Crippen LogP contribution in [0.4, 0.5) is 0 Å². The maximum atomic E-state index is 11.7. The molecule has 0 unspecified atom stereocenters. The standard InChI is InChI=1S/C18H18IN3O2/c19-16-8-4-7-15(11-16)13-21-22-18(24)10-9-17(23)20-12-14-5-2-1-3-6-14/h1-8,11,13H,9-10,12H2,(H,20,23)(H,22,24). The number of benzene rings is 2. The second kappa shape index (κ2) is 9.82. The summed E-state index contributed by atoms with van der Waals surface area (Å²) in [6, 6.07) is 17.4. The van der Waals surface area contributed by atoms with Crippen LogP contribution in [-0.4, -0.2) is 18.0 Å². The average Bonchev–Trinajstić information content (AvgIpc) is 2.59. The van der Waals surface area contributed by atoms with Crippen LogP contribution in [0, 0.1) is 3.57 Å². The lowest BCUT2D eigenvalue weighted by Gasteiger charge is -2.04. The molecule has 0 aromatic heterocycles. The molecule has 0 saturated carbocycles. The summed E-state index contributed by atoms with van der Waals surface area (Å²) in [6.45, 7) is 0.464. The summed E-state index contributed by atoms with van der Waals surface area (Å²) >= 11 is 2.21. The molecule has 2 N–H and O–H groups in total. The van der Waals surface area contributed by atoms with E-state index in [0.717, 1.165) is 14.7 Å². The van der Waals surface area contributed by atoms with E-state index in [0.29, 0.717) is 6.54 Å². The zero-order chi connectivity index (χ0) is 17.2. The molecule has 0 aliphatic heterocycles. The van der Waals surface area contributed by atoms with Gasteiger partial charge in [0.2, 0.25) is 11.8 Å². The van der Waals surface area contributed by atoms with E-state index in [9.17, 15) is 9.59 Å². The number of hydrogen-bond acceptors (Lipinski definition) is 3. The molecule has 2 amide bonds. The van der Waals surface area contributed by atoms with Crippen LogP contribution >= 0.6 is 22.6 Å². The van der Waals surface area contributed by atoms with E-state index in [-0.39, 0.29) is 24.7 Å². The number of hydrogen-bond donors (Lipinski definition) is 2. The molecule has 2 rings (SSSR count). The van der Waals surface area contributed by atoms with Crippen molar-refractivity contribution in [2.75, 3.05) is 0 Å². The smallest absolute Gasteiger partial charge is 0.240 e. The van der Waals surface area contributed by atoms with Crippen LogP contribution in [0.25, 0.3) is 0 Å². The first-order valence-electron chi connectivity index (χ1n) is 7.51. The molecule has 0 fully saturated rings. The Hall–Kier alpha value is -2.22. The summed E-state index contributed by atoms with van der Waals surface area (Å²) < 4.78 is 1.10. The van der Waals surface area contributed by atoms with Crippen molar-refractivity contribution in [2.24, 2.45) is 5.10 Å². The Balaban J connectivity index is 1.66. The van der Waals surface area contributed by atoms with Crippen LogP contribution in [0.5, 0.6) is 0 Å². The van der Waals surface area contributed by atoms with Crippen molar-refractivity contribution in [3.8, 4) is 0 Å². The largest absolute Gasteiger partial charge is 0.352 e. The predicted octanol–water partition coefficient (Wildman–Crippen LogP) is 2.84. The maximum Gasteiger partial charge on any atom is 0.240 e. The highest BCUT2D eigenvalue weighted by molar-refractivity contribution is 14.1. The number of nitrogens with zero attached hydrogens (tertiary/aromatic N) is 1. The van der Waals surface area contributed by atoms with Crippen molar-refractivity contribution in [3.05, 3.63) is 69.3 Å². The molecule has 124 valence electrons. The average molecular weight is 435 g/mol. The minimum Gasteiger partial charge on any atom is -0.352 e. The molecule has 2 aromatic rings. The number of carbonyl (C=O) groups is 2. The van der Waals surface area contributed by atoms with Gasteiger partial charge in [-0.1, -0.05) is 42.5 Å². The molecule has 0 atom stereocenters. The highest BCUT2D eigenvalue weighted by atomic mass is 127. The second-order valence-electron chi connectivity index (χ2n) is 5.11. The maximum absolute atomic E-state index is 11.7. The molecule has 0 heterocycles. The van der Waals surface area contributed by atoms with Crippen LogP contribution in [0.15, 0.2) is 59.7 Å². The third-order valence-corrected chi connectivity index (χ3v) is 3.83. The third kappa shape index (κ3) is 6.91. The number of nitrogens with one attached hydrogen (secondary N) is 2. The van der Waals surface area contributed by atoms with Crippen molar-refractivity contribution >= 4 is 40.6 Å². The Bertz CT molecular complexity index is 717. The molecule has 0 aliphatic carbocycles. The fourth-order valence-corrected chi connectivity index (χ4v) is 2.50. The van der Waals surface area contributed by atoms with Crippen LogP contribution in [0.1, 0.15) is 24.0 Å². The first kappa shape index (κ1) is 18.1. The van der Waals surface area contributed by atoms with E-state index in [2.05, 4.69) is 38.4 Å². The lowest BCUT2D eigenvalue weighted by Crippen LogP contribution is -2.25. The van der Waals surface area contributed by atoms with Crippen molar-refractivity contribution < 1.29 is 9.59 Å². The van der Waals surface area contributed by atoms with Gasteiger partial charge in [0.25, 0.3) is 0 Å². The molecule has 0 spiro atoms. The summed E-state index contributed by atoms with van der Waals surface area (Å²) in [5.41, 5.74) is 4.36. The number of hydrazone groups is 1. The molecule has 6 heteroatoms. The van der Waals surface area contributed by atoms with Crippen LogP contribution in [0.3, 0.4) is 0 Å². The Morgan fingerprint density at radius 1 is 1.00 bits per heavy atom. The second-order valence-corrected chi connectivity index (χ2v) is 6.36. The van der Waals surface area contributed by atoms with E-state index in [1.807, 2.05) is 54.6 Å². The summed E-state index contributed by atoms with van der Waals surface area (Å²) in [7, 11) is 0. The van der Waals surface area contributed by atoms with Gasteiger partial charge in [-0.05, 0) is 45.9 Å².